The molecule has 0 aliphatic heterocycles. The summed E-state index contributed by atoms with van der Waals surface area (Å²) in [5.41, 5.74) is 1.88. The van der Waals surface area contributed by atoms with Gasteiger partial charge in [-0.05, 0) is 41.3 Å². The summed E-state index contributed by atoms with van der Waals surface area (Å²) in [6, 6.07) is 16.9. The molecule has 0 atom stereocenters. The van der Waals surface area contributed by atoms with Crippen LogP contribution in [0, 0.1) is 0 Å². The SMILES string of the molecule is COc1cccc2c1C1(O)c3c(OC)cccc3C2(CCC(=O)O)c2cccc(OC)c21. The van der Waals surface area contributed by atoms with E-state index in [9.17, 15) is 15.0 Å². The Morgan fingerprint density at radius 2 is 1.12 bits per heavy atom. The molecule has 2 N–H and O–H groups in total. The van der Waals surface area contributed by atoms with Crippen LogP contribution in [0.3, 0.4) is 0 Å². The van der Waals surface area contributed by atoms with Crippen molar-refractivity contribution in [3.63, 3.8) is 0 Å². The van der Waals surface area contributed by atoms with Gasteiger partial charge in [0.15, 0.2) is 5.60 Å². The predicted molar refractivity (Wildman–Crippen MR) is 118 cm³/mol. The molecule has 6 heteroatoms. The van der Waals surface area contributed by atoms with Crippen LogP contribution in [0.5, 0.6) is 17.2 Å². The lowest BCUT2D eigenvalue weighted by Gasteiger charge is -2.55. The average Bonchev–Trinajstić information content (AvgIpc) is 2.82. The lowest BCUT2D eigenvalue weighted by atomic mass is 9.49. The van der Waals surface area contributed by atoms with Crippen LogP contribution in [0.2, 0.25) is 0 Å². The highest BCUT2D eigenvalue weighted by Gasteiger charge is 2.61. The third kappa shape index (κ3) is 2.30. The molecule has 6 nitrogen and oxygen atoms in total. The van der Waals surface area contributed by atoms with Gasteiger partial charge in [0.25, 0.3) is 0 Å². The third-order valence-electron chi connectivity index (χ3n) is 6.92. The summed E-state index contributed by atoms with van der Waals surface area (Å²) >= 11 is 0. The minimum atomic E-state index is -1.60. The fraction of sp³-hybridized carbons (Fsp3) is 0.269. The van der Waals surface area contributed by atoms with Gasteiger partial charge < -0.3 is 24.4 Å². The van der Waals surface area contributed by atoms with Crippen molar-refractivity contribution in [3.8, 4) is 17.2 Å². The van der Waals surface area contributed by atoms with Crippen molar-refractivity contribution >= 4 is 5.97 Å². The minimum Gasteiger partial charge on any atom is -0.496 e. The smallest absolute Gasteiger partial charge is 0.303 e. The number of benzene rings is 3. The molecule has 0 heterocycles. The van der Waals surface area contributed by atoms with Crippen molar-refractivity contribution in [2.45, 2.75) is 23.9 Å². The lowest BCUT2D eigenvalue weighted by Crippen LogP contribution is -2.51. The van der Waals surface area contributed by atoms with Crippen molar-refractivity contribution in [1.82, 2.24) is 0 Å². The number of hydrogen-bond acceptors (Lipinski definition) is 5. The number of carbonyl (C=O) groups is 1. The number of aliphatic carboxylic acids is 1. The molecule has 6 rings (SSSR count). The number of carboxylic acids is 1. The fourth-order valence-electron chi connectivity index (χ4n) is 5.80. The van der Waals surface area contributed by atoms with Crippen molar-refractivity contribution in [2.75, 3.05) is 21.3 Å². The van der Waals surface area contributed by atoms with Crippen LogP contribution in [0.25, 0.3) is 0 Å². The maximum atomic E-state index is 12.6. The zero-order valence-corrected chi connectivity index (χ0v) is 18.1. The largest absolute Gasteiger partial charge is 0.496 e. The molecule has 3 aromatic rings. The summed E-state index contributed by atoms with van der Waals surface area (Å²) in [5, 5.41) is 22.3. The van der Waals surface area contributed by atoms with E-state index in [0.717, 1.165) is 16.7 Å². The van der Waals surface area contributed by atoms with Gasteiger partial charge in [-0.2, -0.15) is 0 Å². The van der Waals surface area contributed by atoms with Gasteiger partial charge in [-0.1, -0.05) is 36.4 Å². The van der Waals surface area contributed by atoms with Crippen LogP contribution >= 0.6 is 0 Å². The Morgan fingerprint density at radius 3 is 1.44 bits per heavy atom. The molecule has 0 saturated heterocycles. The van der Waals surface area contributed by atoms with E-state index in [1.165, 1.54) is 0 Å². The van der Waals surface area contributed by atoms with E-state index >= 15 is 0 Å². The van der Waals surface area contributed by atoms with Crippen molar-refractivity contribution in [2.24, 2.45) is 0 Å². The Bertz CT molecular complexity index is 1110. The fourth-order valence-corrected chi connectivity index (χ4v) is 5.80. The summed E-state index contributed by atoms with van der Waals surface area (Å²) < 4.78 is 17.2. The van der Waals surface area contributed by atoms with E-state index in [1.807, 2.05) is 54.6 Å². The molecule has 3 aromatic carbocycles. The summed E-state index contributed by atoms with van der Waals surface area (Å²) in [5.74, 6) is 0.692. The molecule has 2 bridgehead atoms. The molecule has 3 aliphatic rings. The number of methoxy groups -OCH3 is 3. The second-order valence-corrected chi connectivity index (χ2v) is 8.16. The molecule has 0 amide bonds. The first-order chi connectivity index (χ1) is 15.4. The highest BCUT2D eigenvalue weighted by atomic mass is 16.5. The number of hydrogen-bond donors (Lipinski definition) is 2. The van der Waals surface area contributed by atoms with E-state index in [1.54, 1.807) is 21.3 Å². The van der Waals surface area contributed by atoms with Crippen LogP contribution in [-0.2, 0) is 15.8 Å². The van der Waals surface area contributed by atoms with Gasteiger partial charge >= 0.3 is 5.97 Å². The number of ether oxygens (including phenoxy) is 3. The third-order valence-corrected chi connectivity index (χ3v) is 6.92. The van der Waals surface area contributed by atoms with Crippen molar-refractivity contribution in [3.05, 3.63) is 88.0 Å². The summed E-state index contributed by atoms with van der Waals surface area (Å²) in [4.78, 5) is 11.8. The maximum Gasteiger partial charge on any atom is 0.303 e. The standard InChI is InChI=1S/C26H24O6/c1-30-18-10-4-7-15-22(18)26(29)23-16(8-5-11-19(23)31-2)25(15,14-13-21(27)28)17-9-6-12-20(32-3)24(17)26/h4-12,29H,13-14H2,1-3H3,(H,27,28). The molecule has 0 fully saturated rings. The molecule has 0 spiro atoms. The Balaban J connectivity index is 2.03. The van der Waals surface area contributed by atoms with E-state index in [0.29, 0.717) is 40.4 Å². The predicted octanol–water partition coefficient (Wildman–Crippen LogP) is 3.82. The lowest BCUT2D eigenvalue weighted by molar-refractivity contribution is -0.137. The zero-order valence-electron chi connectivity index (χ0n) is 18.1. The normalized spacial score (nSPS) is 21.9. The molecule has 0 aromatic heterocycles. The molecular formula is C26H24O6. The Labute approximate surface area is 186 Å². The second-order valence-electron chi connectivity index (χ2n) is 8.16. The van der Waals surface area contributed by atoms with Gasteiger partial charge in [-0.15, -0.1) is 0 Å². The van der Waals surface area contributed by atoms with Crippen molar-refractivity contribution in [1.29, 1.82) is 0 Å². The summed E-state index contributed by atoms with van der Waals surface area (Å²) in [6.07, 6.45) is 0.251. The summed E-state index contributed by atoms with van der Waals surface area (Å²) in [7, 11) is 4.70. The van der Waals surface area contributed by atoms with Gasteiger partial charge in [0.05, 0.1) is 21.3 Å². The Morgan fingerprint density at radius 1 is 0.750 bits per heavy atom. The van der Waals surface area contributed by atoms with Crippen molar-refractivity contribution < 1.29 is 29.2 Å². The zero-order chi connectivity index (χ0) is 22.7. The number of carboxylic acid groups (broad SMARTS) is 1. The Hall–Kier alpha value is -3.51. The van der Waals surface area contributed by atoms with Crippen LogP contribution in [0.1, 0.15) is 46.2 Å². The van der Waals surface area contributed by atoms with Gasteiger partial charge in [-0.3, -0.25) is 4.79 Å². The van der Waals surface area contributed by atoms with E-state index < -0.39 is 17.0 Å². The molecule has 0 radical (unpaired) electrons. The minimum absolute atomic E-state index is 0.0532. The highest BCUT2D eigenvalue weighted by Crippen LogP contribution is 2.67. The van der Waals surface area contributed by atoms with Crippen LogP contribution in [-0.4, -0.2) is 37.5 Å². The van der Waals surface area contributed by atoms with Gasteiger partial charge in [0.1, 0.15) is 17.2 Å². The Kier molecular flexibility index (Phi) is 4.46. The monoisotopic (exact) mass is 432 g/mol. The second kappa shape index (κ2) is 7.00. The van der Waals surface area contributed by atoms with E-state index in [4.69, 9.17) is 14.2 Å². The molecule has 3 aliphatic carbocycles. The van der Waals surface area contributed by atoms with Gasteiger partial charge in [0.2, 0.25) is 0 Å². The van der Waals surface area contributed by atoms with Crippen LogP contribution in [0.4, 0.5) is 0 Å². The first-order valence-corrected chi connectivity index (χ1v) is 10.4. The molecule has 0 saturated carbocycles. The summed E-state index contributed by atoms with van der Waals surface area (Å²) in [6.45, 7) is 0. The first kappa shape index (κ1) is 20.4. The first-order valence-electron chi connectivity index (χ1n) is 10.4. The number of rotatable bonds is 6. The van der Waals surface area contributed by atoms with E-state index in [2.05, 4.69) is 0 Å². The van der Waals surface area contributed by atoms with E-state index in [-0.39, 0.29) is 6.42 Å². The molecule has 32 heavy (non-hydrogen) atoms. The maximum absolute atomic E-state index is 12.6. The van der Waals surface area contributed by atoms with Crippen LogP contribution in [0.15, 0.2) is 54.6 Å². The topological polar surface area (TPSA) is 85.2 Å². The average molecular weight is 432 g/mol. The van der Waals surface area contributed by atoms with Gasteiger partial charge in [0, 0.05) is 28.5 Å². The molecular weight excluding hydrogens is 408 g/mol. The quantitative estimate of drug-likeness (QED) is 0.616. The van der Waals surface area contributed by atoms with Crippen LogP contribution < -0.4 is 14.2 Å². The molecule has 0 unspecified atom stereocenters. The highest BCUT2D eigenvalue weighted by molar-refractivity contribution is 5.80. The number of aliphatic hydroxyl groups is 1. The molecule has 164 valence electrons. The van der Waals surface area contributed by atoms with Gasteiger partial charge in [-0.25, -0.2) is 0 Å².